The van der Waals surface area contributed by atoms with Crippen LogP contribution in [-0.2, 0) is 4.79 Å². The van der Waals surface area contributed by atoms with Crippen molar-refractivity contribution in [2.24, 2.45) is 0 Å². The lowest BCUT2D eigenvalue weighted by molar-refractivity contribution is -0.118. The van der Waals surface area contributed by atoms with Gasteiger partial charge in [0.1, 0.15) is 0 Å². The van der Waals surface area contributed by atoms with Crippen molar-refractivity contribution < 1.29 is 13.6 Å². The molecule has 0 aliphatic carbocycles. The van der Waals surface area contributed by atoms with Gasteiger partial charge in [-0.2, -0.15) is 0 Å². The third-order valence-electron chi connectivity index (χ3n) is 3.06. The first-order chi connectivity index (χ1) is 8.63. The highest BCUT2D eigenvalue weighted by Gasteiger charge is 2.32. The number of carbonyl (C=O) groups excluding carboxylic acids is 1. The zero-order valence-electron chi connectivity index (χ0n) is 10.2. The molecule has 0 aromatic heterocycles. The second kappa shape index (κ2) is 5.44. The third kappa shape index (κ3) is 2.51. The van der Waals surface area contributed by atoms with Crippen molar-refractivity contribution in [3.63, 3.8) is 0 Å². The minimum atomic E-state index is -0.926. The zero-order chi connectivity index (χ0) is 13.1. The van der Waals surface area contributed by atoms with Crippen molar-refractivity contribution >= 4 is 11.6 Å². The summed E-state index contributed by atoms with van der Waals surface area (Å²) in [5, 5.41) is 3.15. The van der Waals surface area contributed by atoms with Crippen LogP contribution < -0.4 is 10.2 Å². The highest BCUT2D eigenvalue weighted by molar-refractivity contribution is 5.99. The number of nitrogens with one attached hydrogen (secondary N) is 1. The fraction of sp³-hybridized carbons (Fsp3) is 0.462. The highest BCUT2D eigenvalue weighted by atomic mass is 19.2. The number of hydrogen-bond donors (Lipinski definition) is 1. The molecule has 1 N–H and O–H groups in total. The molecule has 2 rings (SSSR count). The number of amides is 1. The van der Waals surface area contributed by atoms with Gasteiger partial charge >= 0.3 is 0 Å². The Morgan fingerprint density at radius 2 is 2.17 bits per heavy atom. The minimum absolute atomic E-state index is 0.0746. The lowest BCUT2D eigenvalue weighted by Crippen LogP contribution is -2.38. The molecule has 18 heavy (non-hydrogen) atoms. The van der Waals surface area contributed by atoms with E-state index in [1.54, 1.807) is 0 Å². The standard InChI is InChI=1S/C13H16F2N2O/c1-2-6-16-12-5-7-17(13(12)18)9-3-4-10(14)11(15)8-9/h3-4,8,12,16H,2,5-7H2,1H3. The summed E-state index contributed by atoms with van der Waals surface area (Å²) >= 11 is 0. The predicted molar refractivity (Wildman–Crippen MR) is 65.4 cm³/mol. The molecule has 1 heterocycles. The Kier molecular flexibility index (Phi) is 3.91. The van der Waals surface area contributed by atoms with E-state index in [4.69, 9.17) is 0 Å². The lowest BCUT2D eigenvalue weighted by atomic mass is 10.2. The number of halogens is 2. The molecule has 0 radical (unpaired) electrons. The molecule has 5 heteroatoms. The average Bonchev–Trinajstić information content (AvgIpc) is 2.72. The van der Waals surface area contributed by atoms with E-state index in [0.29, 0.717) is 18.7 Å². The van der Waals surface area contributed by atoms with Crippen molar-refractivity contribution in [1.82, 2.24) is 5.32 Å². The normalized spacial score (nSPS) is 19.6. The second-order valence-corrected chi connectivity index (χ2v) is 4.38. The predicted octanol–water partition coefficient (Wildman–Crippen LogP) is 2.07. The van der Waals surface area contributed by atoms with Crippen molar-refractivity contribution in [1.29, 1.82) is 0 Å². The summed E-state index contributed by atoms with van der Waals surface area (Å²) in [7, 11) is 0. The van der Waals surface area contributed by atoms with E-state index < -0.39 is 11.6 Å². The highest BCUT2D eigenvalue weighted by Crippen LogP contribution is 2.23. The van der Waals surface area contributed by atoms with Gasteiger partial charge in [-0.3, -0.25) is 4.79 Å². The van der Waals surface area contributed by atoms with Gasteiger partial charge in [-0.1, -0.05) is 6.92 Å². The first-order valence-corrected chi connectivity index (χ1v) is 6.13. The van der Waals surface area contributed by atoms with E-state index in [1.165, 1.54) is 11.0 Å². The molecule has 3 nitrogen and oxygen atoms in total. The van der Waals surface area contributed by atoms with Gasteiger partial charge in [-0.15, -0.1) is 0 Å². The fourth-order valence-electron chi connectivity index (χ4n) is 2.10. The summed E-state index contributed by atoms with van der Waals surface area (Å²) in [6.07, 6.45) is 1.65. The van der Waals surface area contributed by atoms with Crippen LogP contribution in [0.5, 0.6) is 0 Å². The molecule has 1 aromatic carbocycles. The third-order valence-corrected chi connectivity index (χ3v) is 3.06. The molecule has 1 aliphatic heterocycles. The number of rotatable bonds is 4. The van der Waals surface area contributed by atoms with Gasteiger partial charge in [-0.25, -0.2) is 8.78 Å². The van der Waals surface area contributed by atoms with E-state index >= 15 is 0 Å². The molecular weight excluding hydrogens is 238 g/mol. The van der Waals surface area contributed by atoms with Crippen LogP contribution in [0.2, 0.25) is 0 Å². The van der Waals surface area contributed by atoms with E-state index in [1.807, 2.05) is 6.92 Å². The molecular formula is C13H16F2N2O. The number of carbonyl (C=O) groups is 1. The summed E-state index contributed by atoms with van der Waals surface area (Å²) in [5.41, 5.74) is 0.416. The molecule has 0 bridgehead atoms. The largest absolute Gasteiger partial charge is 0.311 e. The number of benzene rings is 1. The van der Waals surface area contributed by atoms with Crippen LogP contribution in [-0.4, -0.2) is 25.0 Å². The van der Waals surface area contributed by atoms with Crippen LogP contribution in [0, 0.1) is 11.6 Å². The van der Waals surface area contributed by atoms with Crippen LogP contribution in [0.25, 0.3) is 0 Å². The van der Waals surface area contributed by atoms with E-state index in [0.717, 1.165) is 25.1 Å². The Balaban J connectivity index is 2.10. The van der Waals surface area contributed by atoms with Crippen molar-refractivity contribution in [3.8, 4) is 0 Å². The molecule has 98 valence electrons. The first kappa shape index (κ1) is 13.0. The van der Waals surface area contributed by atoms with Crippen LogP contribution in [0.15, 0.2) is 18.2 Å². The van der Waals surface area contributed by atoms with Crippen molar-refractivity contribution in [2.75, 3.05) is 18.0 Å². The molecule has 1 unspecified atom stereocenters. The van der Waals surface area contributed by atoms with Crippen LogP contribution in [0.1, 0.15) is 19.8 Å². The Bertz CT molecular complexity index is 451. The molecule has 1 amide bonds. The summed E-state index contributed by atoms with van der Waals surface area (Å²) < 4.78 is 26.0. The van der Waals surface area contributed by atoms with Gasteiger partial charge in [-0.05, 0) is 31.5 Å². The molecule has 0 spiro atoms. The molecule has 1 aromatic rings. The Morgan fingerprint density at radius 3 is 2.83 bits per heavy atom. The zero-order valence-corrected chi connectivity index (χ0v) is 10.2. The Labute approximate surface area is 105 Å². The average molecular weight is 254 g/mol. The van der Waals surface area contributed by atoms with Gasteiger partial charge < -0.3 is 10.2 Å². The monoisotopic (exact) mass is 254 g/mol. The lowest BCUT2D eigenvalue weighted by Gasteiger charge is -2.17. The van der Waals surface area contributed by atoms with Crippen LogP contribution in [0.3, 0.4) is 0 Å². The number of anilines is 1. The number of hydrogen-bond acceptors (Lipinski definition) is 2. The van der Waals surface area contributed by atoms with Crippen molar-refractivity contribution in [2.45, 2.75) is 25.8 Å². The topological polar surface area (TPSA) is 32.3 Å². The molecule has 1 aliphatic rings. The summed E-state index contributed by atoms with van der Waals surface area (Å²) in [5.74, 6) is -1.90. The summed E-state index contributed by atoms with van der Waals surface area (Å²) in [4.78, 5) is 13.6. The Hall–Kier alpha value is -1.49. The first-order valence-electron chi connectivity index (χ1n) is 6.13. The summed E-state index contributed by atoms with van der Waals surface area (Å²) in [6, 6.07) is 3.33. The second-order valence-electron chi connectivity index (χ2n) is 4.38. The fourth-order valence-corrected chi connectivity index (χ4v) is 2.10. The number of nitrogens with zero attached hydrogens (tertiary/aromatic N) is 1. The maximum Gasteiger partial charge on any atom is 0.244 e. The van der Waals surface area contributed by atoms with Gasteiger partial charge in [0.05, 0.1) is 6.04 Å². The maximum absolute atomic E-state index is 13.1. The quantitative estimate of drug-likeness (QED) is 0.892. The van der Waals surface area contributed by atoms with Crippen LogP contribution in [0.4, 0.5) is 14.5 Å². The smallest absolute Gasteiger partial charge is 0.244 e. The van der Waals surface area contributed by atoms with E-state index in [9.17, 15) is 13.6 Å². The van der Waals surface area contributed by atoms with Gasteiger partial charge in [0.2, 0.25) is 5.91 Å². The van der Waals surface area contributed by atoms with Gasteiger partial charge in [0.25, 0.3) is 0 Å². The molecule has 1 atom stereocenters. The Morgan fingerprint density at radius 1 is 1.39 bits per heavy atom. The minimum Gasteiger partial charge on any atom is -0.311 e. The van der Waals surface area contributed by atoms with Crippen molar-refractivity contribution in [3.05, 3.63) is 29.8 Å². The SMILES string of the molecule is CCCNC1CCN(c2ccc(F)c(F)c2)C1=O. The van der Waals surface area contributed by atoms with Gasteiger partial charge in [0, 0.05) is 18.3 Å². The summed E-state index contributed by atoms with van der Waals surface area (Å²) in [6.45, 7) is 3.34. The van der Waals surface area contributed by atoms with E-state index in [-0.39, 0.29) is 11.9 Å². The van der Waals surface area contributed by atoms with Gasteiger partial charge in [0.15, 0.2) is 11.6 Å². The molecule has 1 saturated heterocycles. The molecule has 0 saturated carbocycles. The molecule has 1 fully saturated rings. The van der Waals surface area contributed by atoms with Crippen LogP contribution >= 0.6 is 0 Å². The van der Waals surface area contributed by atoms with E-state index in [2.05, 4.69) is 5.32 Å². The maximum atomic E-state index is 13.1.